The number of thiophene rings is 1. The van der Waals surface area contributed by atoms with Gasteiger partial charge in [0.05, 0.1) is 6.61 Å². The molecule has 0 bridgehead atoms. The van der Waals surface area contributed by atoms with Crippen LogP contribution in [0.3, 0.4) is 0 Å². The summed E-state index contributed by atoms with van der Waals surface area (Å²) in [5.74, 6) is 0.777. The molecule has 4 nitrogen and oxygen atoms in total. The van der Waals surface area contributed by atoms with Crippen molar-refractivity contribution in [2.45, 2.75) is 6.82 Å². The summed E-state index contributed by atoms with van der Waals surface area (Å²) in [4.78, 5) is 3.01. The van der Waals surface area contributed by atoms with Gasteiger partial charge in [0.1, 0.15) is 12.4 Å². The molecular weight excluding hydrogens is 321 g/mol. The highest BCUT2D eigenvalue weighted by molar-refractivity contribution is 7.22. The van der Waals surface area contributed by atoms with E-state index < -0.39 is 7.05 Å². The van der Waals surface area contributed by atoms with E-state index >= 15 is 0 Å². The fraction of sp³-hybridized carbons (Fsp3) is 0.222. The number of fused-ring (bicyclic) bond motifs is 1. The first-order chi connectivity index (χ1) is 11.6. The monoisotopic (exact) mass is 341 g/mol. The van der Waals surface area contributed by atoms with E-state index in [1.165, 1.54) is 10.3 Å². The number of aliphatic hydroxyl groups is 1. The van der Waals surface area contributed by atoms with Gasteiger partial charge < -0.3 is 19.7 Å². The maximum absolute atomic E-state index is 9.64. The lowest BCUT2D eigenvalue weighted by Crippen LogP contribution is -2.32. The third kappa shape index (κ3) is 3.56. The molecule has 0 spiro atoms. The van der Waals surface area contributed by atoms with Crippen LogP contribution < -0.4 is 9.55 Å². The highest BCUT2D eigenvalue weighted by Crippen LogP contribution is 2.36. The van der Waals surface area contributed by atoms with Crippen LogP contribution in [0.15, 0.2) is 48.5 Å². The molecule has 3 rings (SSSR count). The molecule has 124 valence electrons. The molecule has 0 aliphatic carbocycles. The molecule has 0 amide bonds. The van der Waals surface area contributed by atoms with Crippen molar-refractivity contribution >= 4 is 34.2 Å². The van der Waals surface area contributed by atoms with Gasteiger partial charge >= 0.3 is 7.05 Å². The summed E-state index contributed by atoms with van der Waals surface area (Å²) in [5, 5.41) is 19.7. The van der Waals surface area contributed by atoms with Gasteiger partial charge in [-0.15, -0.1) is 11.3 Å². The minimum absolute atomic E-state index is 0.0149. The molecule has 0 saturated heterocycles. The molecule has 0 fully saturated rings. The SMILES string of the molecule is CB(O)N(C)c1ccc(-c2cc3ccc(OCCO)cc3s2)cc1. The molecule has 24 heavy (non-hydrogen) atoms. The van der Waals surface area contributed by atoms with Crippen molar-refractivity contribution in [1.29, 1.82) is 0 Å². The van der Waals surface area contributed by atoms with Gasteiger partial charge in [0.2, 0.25) is 0 Å². The summed E-state index contributed by atoms with van der Waals surface area (Å²) in [6.07, 6.45) is 0. The molecule has 1 aromatic heterocycles. The third-order valence-electron chi connectivity index (χ3n) is 3.97. The summed E-state index contributed by atoms with van der Waals surface area (Å²) >= 11 is 1.71. The van der Waals surface area contributed by atoms with Crippen LogP contribution in [0.4, 0.5) is 5.69 Å². The standard InChI is InChI=1S/C18H20BNO3S/c1-19(22)20(2)15-6-3-13(4-7-15)17-11-14-5-8-16(23-10-9-21)12-18(14)24-17/h3-8,11-12,21-22H,9-10H2,1-2H3. The van der Waals surface area contributed by atoms with E-state index in [1.807, 2.05) is 42.2 Å². The topological polar surface area (TPSA) is 52.9 Å². The number of aliphatic hydroxyl groups excluding tert-OH is 1. The number of anilines is 1. The number of ether oxygens (including phenoxy) is 1. The second kappa shape index (κ2) is 7.26. The van der Waals surface area contributed by atoms with Crippen LogP contribution in [0.5, 0.6) is 5.75 Å². The van der Waals surface area contributed by atoms with Crippen LogP contribution in [0.1, 0.15) is 0 Å². The van der Waals surface area contributed by atoms with E-state index in [0.717, 1.165) is 21.7 Å². The van der Waals surface area contributed by atoms with Gasteiger partial charge in [-0.2, -0.15) is 0 Å². The zero-order valence-corrected chi connectivity index (χ0v) is 14.6. The molecule has 0 saturated carbocycles. The van der Waals surface area contributed by atoms with Crippen molar-refractivity contribution < 1.29 is 14.9 Å². The van der Waals surface area contributed by atoms with Crippen LogP contribution in [-0.2, 0) is 0 Å². The van der Waals surface area contributed by atoms with Gasteiger partial charge in [-0.05, 0) is 61.2 Å². The predicted molar refractivity (Wildman–Crippen MR) is 102 cm³/mol. The molecule has 0 atom stereocenters. The molecule has 0 aliphatic rings. The van der Waals surface area contributed by atoms with E-state index in [4.69, 9.17) is 9.84 Å². The minimum Gasteiger partial charge on any atom is -0.491 e. The van der Waals surface area contributed by atoms with Gasteiger partial charge in [-0.3, -0.25) is 0 Å². The van der Waals surface area contributed by atoms with E-state index in [1.54, 1.807) is 18.2 Å². The zero-order valence-electron chi connectivity index (χ0n) is 13.8. The van der Waals surface area contributed by atoms with Crippen molar-refractivity contribution in [3.05, 3.63) is 48.5 Å². The van der Waals surface area contributed by atoms with E-state index in [-0.39, 0.29) is 6.61 Å². The molecule has 2 aromatic carbocycles. The second-order valence-corrected chi connectivity index (χ2v) is 6.76. The summed E-state index contributed by atoms with van der Waals surface area (Å²) < 4.78 is 6.63. The van der Waals surface area contributed by atoms with Crippen LogP contribution in [0.2, 0.25) is 6.82 Å². The highest BCUT2D eigenvalue weighted by Gasteiger charge is 2.12. The average Bonchev–Trinajstić information content (AvgIpc) is 3.02. The Morgan fingerprint density at radius 3 is 2.54 bits per heavy atom. The lowest BCUT2D eigenvalue weighted by Gasteiger charge is -2.19. The molecule has 0 radical (unpaired) electrons. The Balaban J connectivity index is 1.86. The zero-order chi connectivity index (χ0) is 17.1. The van der Waals surface area contributed by atoms with Crippen molar-refractivity contribution in [2.24, 2.45) is 0 Å². The fourth-order valence-electron chi connectivity index (χ4n) is 2.48. The quantitative estimate of drug-likeness (QED) is 0.674. The Bertz CT molecular complexity index is 817. The number of hydrogen-bond acceptors (Lipinski definition) is 5. The van der Waals surface area contributed by atoms with Gasteiger partial charge in [0, 0.05) is 15.3 Å². The summed E-state index contributed by atoms with van der Waals surface area (Å²) in [5.41, 5.74) is 2.13. The first-order valence-electron chi connectivity index (χ1n) is 7.87. The lowest BCUT2D eigenvalue weighted by molar-refractivity contribution is 0.201. The normalized spacial score (nSPS) is 10.8. The Labute approximate surface area is 146 Å². The molecule has 6 heteroatoms. The third-order valence-corrected chi connectivity index (χ3v) is 5.12. The summed E-state index contributed by atoms with van der Waals surface area (Å²) in [7, 11) is 1.35. The summed E-state index contributed by atoms with van der Waals surface area (Å²) in [6.45, 7) is 2.07. The number of hydrogen-bond donors (Lipinski definition) is 2. The predicted octanol–water partition coefficient (Wildman–Crippen LogP) is 3.49. The van der Waals surface area contributed by atoms with Crippen LogP contribution in [-0.4, -0.2) is 37.4 Å². The molecule has 3 aromatic rings. The van der Waals surface area contributed by atoms with Gasteiger partial charge in [0.15, 0.2) is 0 Å². The van der Waals surface area contributed by atoms with Gasteiger partial charge in [-0.25, -0.2) is 0 Å². The molecular formula is C18H20BNO3S. The molecule has 0 unspecified atom stereocenters. The van der Waals surface area contributed by atoms with Crippen molar-refractivity contribution in [2.75, 3.05) is 25.1 Å². The van der Waals surface area contributed by atoms with Crippen LogP contribution >= 0.6 is 11.3 Å². The van der Waals surface area contributed by atoms with Crippen LogP contribution in [0.25, 0.3) is 20.5 Å². The van der Waals surface area contributed by atoms with E-state index in [2.05, 4.69) is 18.2 Å². The van der Waals surface area contributed by atoms with Crippen molar-refractivity contribution in [3.8, 4) is 16.2 Å². The Morgan fingerprint density at radius 1 is 1.12 bits per heavy atom. The molecule has 0 aliphatic heterocycles. The maximum Gasteiger partial charge on any atom is 0.409 e. The smallest absolute Gasteiger partial charge is 0.409 e. The molecule has 2 N–H and O–H groups in total. The van der Waals surface area contributed by atoms with E-state index in [0.29, 0.717) is 6.61 Å². The van der Waals surface area contributed by atoms with Crippen molar-refractivity contribution in [3.63, 3.8) is 0 Å². The second-order valence-electron chi connectivity index (χ2n) is 5.67. The number of nitrogens with zero attached hydrogens (tertiary/aromatic N) is 1. The highest BCUT2D eigenvalue weighted by atomic mass is 32.1. The first-order valence-corrected chi connectivity index (χ1v) is 8.69. The van der Waals surface area contributed by atoms with E-state index in [9.17, 15) is 5.02 Å². The van der Waals surface area contributed by atoms with Gasteiger partial charge in [-0.1, -0.05) is 12.1 Å². The van der Waals surface area contributed by atoms with Crippen molar-refractivity contribution in [1.82, 2.24) is 0 Å². The number of rotatable bonds is 6. The Morgan fingerprint density at radius 2 is 1.88 bits per heavy atom. The minimum atomic E-state index is -0.516. The Kier molecular flexibility index (Phi) is 5.09. The fourth-order valence-corrected chi connectivity index (χ4v) is 3.58. The largest absolute Gasteiger partial charge is 0.491 e. The van der Waals surface area contributed by atoms with Crippen LogP contribution in [0, 0.1) is 0 Å². The number of benzene rings is 2. The maximum atomic E-state index is 9.64. The Hall–Kier alpha value is -2.02. The molecule has 1 heterocycles. The lowest BCUT2D eigenvalue weighted by atomic mass is 9.85. The first kappa shape index (κ1) is 16.8. The summed E-state index contributed by atoms with van der Waals surface area (Å²) in [6, 6.07) is 16.3. The van der Waals surface area contributed by atoms with Gasteiger partial charge in [0.25, 0.3) is 0 Å². The average molecular weight is 341 g/mol.